The molecule has 1 rings (SSSR count). The molecule has 0 amide bonds. The predicted molar refractivity (Wildman–Crippen MR) is 73.4 cm³/mol. The summed E-state index contributed by atoms with van der Waals surface area (Å²) in [5, 5.41) is 24.4. The van der Waals surface area contributed by atoms with Crippen LogP contribution in [0.2, 0.25) is 0 Å². The number of carboxylic acids is 2. The third-order valence-corrected chi connectivity index (χ3v) is 2.67. The van der Waals surface area contributed by atoms with Gasteiger partial charge in [0, 0.05) is 13.1 Å². The van der Waals surface area contributed by atoms with E-state index in [0.717, 1.165) is 0 Å². The lowest BCUT2D eigenvalue weighted by Crippen LogP contribution is -2.16. The van der Waals surface area contributed by atoms with E-state index < -0.39 is 11.9 Å². The number of benzene rings is 1. The highest BCUT2D eigenvalue weighted by atomic mass is 16.4. The minimum atomic E-state index is -1.16. The van der Waals surface area contributed by atoms with Gasteiger partial charge in [0.25, 0.3) is 0 Å². The number of nitrogens with one attached hydrogen (secondary N) is 2. The van der Waals surface area contributed by atoms with Crippen LogP contribution in [-0.2, 0) is 0 Å². The maximum atomic E-state index is 11.4. The normalized spacial score (nSPS) is 10.1. The maximum absolute atomic E-state index is 11.4. The first-order valence-corrected chi connectivity index (χ1v) is 6.05. The summed E-state index contributed by atoms with van der Waals surface area (Å²) in [6, 6.07) is 1.55. The fraction of sp³-hybridized carbons (Fsp3) is 0.385. The lowest BCUT2D eigenvalue weighted by Gasteiger charge is -2.18. The van der Waals surface area contributed by atoms with Crippen LogP contribution in [0.15, 0.2) is 6.07 Å². The molecule has 0 saturated carbocycles. The molecule has 0 aromatic heterocycles. The molecule has 0 saturated heterocycles. The van der Waals surface area contributed by atoms with Crippen LogP contribution in [0.5, 0.6) is 0 Å². The summed E-state index contributed by atoms with van der Waals surface area (Å²) >= 11 is 0. The van der Waals surface area contributed by atoms with Crippen LogP contribution < -0.4 is 10.6 Å². The van der Waals surface area contributed by atoms with Crippen LogP contribution in [0, 0.1) is 6.92 Å². The number of carbonyl (C=O) groups is 2. The molecule has 19 heavy (non-hydrogen) atoms. The predicted octanol–water partition coefficient (Wildman–Crippen LogP) is 2.26. The van der Waals surface area contributed by atoms with Crippen molar-refractivity contribution in [2.24, 2.45) is 0 Å². The van der Waals surface area contributed by atoms with Gasteiger partial charge in [0.05, 0.1) is 16.9 Å². The molecule has 6 nitrogen and oxygen atoms in total. The summed E-state index contributed by atoms with van der Waals surface area (Å²) in [5.41, 5.74) is 1.06. The average Bonchev–Trinajstić information content (AvgIpc) is 2.28. The monoisotopic (exact) mass is 266 g/mol. The Morgan fingerprint density at radius 1 is 1.05 bits per heavy atom. The summed E-state index contributed by atoms with van der Waals surface area (Å²) in [6.07, 6.45) is 0. The molecule has 4 N–H and O–H groups in total. The zero-order valence-corrected chi connectivity index (χ0v) is 11.2. The Balaban J connectivity index is 3.64. The molecule has 0 bridgehead atoms. The van der Waals surface area contributed by atoms with E-state index in [9.17, 15) is 19.8 Å². The molecule has 6 heteroatoms. The molecule has 0 aliphatic rings. The van der Waals surface area contributed by atoms with E-state index in [0.29, 0.717) is 24.3 Å². The van der Waals surface area contributed by atoms with E-state index in [4.69, 9.17) is 0 Å². The van der Waals surface area contributed by atoms with Crippen LogP contribution in [0.3, 0.4) is 0 Å². The number of hydrogen-bond acceptors (Lipinski definition) is 4. The second kappa shape index (κ2) is 6.08. The third kappa shape index (κ3) is 2.96. The van der Waals surface area contributed by atoms with Crippen molar-refractivity contribution < 1.29 is 19.8 Å². The van der Waals surface area contributed by atoms with E-state index >= 15 is 0 Å². The highest BCUT2D eigenvalue weighted by Gasteiger charge is 2.24. The number of anilines is 2. The minimum Gasteiger partial charge on any atom is -0.478 e. The molecule has 0 atom stereocenters. The largest absolute Gasteiger partial charge is 0.478 e. The molecule has 1 aromatic rings. The lowest BCUT2D eigenvalue weighted by molar-refractivity contribution is 0.0695. The molecule has 0 fully saturated rings. The van der Waals surface area contributed by atoms with Crippen LogP contribution in [0.4, 0.5) is 11.4 Å². The van der Waals surface area contributed by atoms with E-state index in [1.54, 1.807) is 19.9 Å². The van der Waals surface area contributed by atoms with Gasteiger partial charge < -0.3 is 20.8 Å². The minimum absolute atomic E-state index is 0.000836. The lowest BCUT2D eigenvalue weighted by atomic mass is 9.99. The number of aromatic carboxylic acids is 2. The molecule has 0 aliphatic carbocycles. The summed E-state index contributed by atoms with van der Waals surface area (Å²) < 4.78 is 0. The van der Waals surface area contributed by atoms with E-state index in [2.05, 4.69) is 10.6 Å². The van der Waals surface area contributed by atoms with Crippen molar-refractivity contribution in [3.63, 3.8) is 0 Å². The van der Waals surface area contributed by atoms with Gasteiger partial charge in [-0.05, 0) is 32.4 Å². The molecule has 0 unspecified atom stereocenters. The molecule has 0 aliphatic heterocycles. The number of carboxylic acid groups (broad SMARTS) is 2. The van der Waals surface area contributed by atoms with Crippen molar-refractivity contribution in [1.82, 2.24) is 0 Å². The van der Waals surface area contributed by atoms with Crippen LogP contribution in [-0.4, -0.2) is 35.2 Å². The zero-order chi connectivity index (χ0) is 14.6. The zero-order valence-electron chi connectivity index (χ0n) is 11.2. The summed E-state index contributed by atoms with van der Waals surface area (Å²) in [5.74, 6) is -2.30. The topological polar surface area (TPSA) is 98.7 Å². The molecule has 0 heterocycles. The Hall–Kier alpha value is -2.24. The first kappa shape index (κ1) is 14.8. The quantitative estimate of drug-likeness (QED) is 0.630. The van der Waals surface area contributed by atoms with Crippen LogP contribution >= 0.6 is 0 Å². The van der Waals surface area contributed by atoms with Crippen molar-refractivity contribution in [2.75, 3.05) is 23.7 Å². The van der Waals surface area contributed by atoms with Crippen LogP contribution in [0.1, 0.15) is 40.1 Å². The fourth-order valence-corrected chi connectivity index (χ4v) is 2.00. The summed E-state index contributed by atoms with van der Waals surface area (Å²) in [6.45, 7) is 6.27. The Labute approximate surface area is 111 Å². The van der Waals surface area contributed by atoms with Crippen molar-refractivity contribution in [1.29, 1.82) is 0 Å². The maximum Gasteiger partial charge on any atom is 0.339 e. The fourth-order valence-electron chi connectivity index (χ4n) is 2.00. The molecule has 104 valence electrons. The van der Waals surface area contributed by atoms with Crippen LogP contribution in [0.25, 0.3) is 0 Å². The second-order valence-corrected chi connectivity index (χ2v) is 4.04. The van der Waals surface area contributed by atoms with E-state index in [-0.39, 0.29) is 16.8 Å². The van der Waals surface area contributed by atoms with Crippen molar-refractivity contribution >= 4 is 23.3 Å². The van der Waals surface area contributed by atoms with Gasteiger partial charge in [0.1, 0.15) is 5.56 Å². The third-order valence-electron chi connectivity index (χ3n) is 2.67. The molecular weight excluding hydrogens is 248 g/mol. The number of rotatable bonds is 6. The van der Waals surface area contributed by atoms with Gasteiger partial charge in [-0.25, -0.2) is 9.59 Å². The standard InChI is InChI=1S/C13H18N2O4/c1-4-14-8-6-7(3)9(12(16)17)11(15-5-2)10(8)13(18)19/h6,14-15H,4-5H2,1-3H3,(H,16,17)(H,18,19). The van der Waals surface area contributed by atoms with Crippen molar-refractivity contribution in [3.05, 3.63) is 22.8 Å². The van der Waals surface area contributed by atoms with Gasteiger partial charge in [-0.15, -0.1) is 0 Å². The van der Waals surface area contributed by atoms with Gasteiger partial charge >= 0.3 is 11.9 Å². The second-order valence-electron chi connectivity index (χ2n) is 4.04. The van der Waals surface area contributed by atoms with Gasteiger partial charge in [0.2, 0.25) is 0 Å². The van der Waals surface area contributed by atoms with Crippen molar-refractivity contribution in [2.45, 2.75) is 20.8 Å². The van der Waals surface area contributed by atoms with Gasteiger partial charge in [0.15, 0.2) is 0 Å². The highest BCUT2D eigenvalue weighted by Crippen LogP contribution is 2.31. The number of aryl methyl sites for hydroxylation is 1. The van der Waals surface area contributed by atoms with Crippen molar-refractivity contribution in [3.8, 4) is 0 Å². The molecule has 1 aromatic carbocycles. The SMILES string of the molecule is CCNc1cc(C)c(C(=O)O)c(NCC)c1C(=O)O. The highest BCUT2D eigenvalue weighted by molar-refractivity contribution is 6.08. The Morgan fingerprint density at radius 2 is 1.58 bits per heavy atom. The summed E-state index contributed by atoms with van der Waals surface area (Å²) in [4.78, 5) is 22.7. The van der Waals surface area contributed by atoms with Gasteiger partial charge in [-0.1, -0.05) is 0 Å². The molecular formula is C13H18N2O4. The van der Waals surface area contributed by atoms with E-state index in [1.807, 2.05) is 6.92 Å². The first-order chi connectivity index (χ1) is 8.93. The Kier molecular flexibility index (Phi) is 4.74. The molecule has 0 radical (unpaired) electrons. The first-order valence-electron chi connectivity index (χ1n) is 6.05. The Morgan fingerprint density at radius 3 is 2.00 bits per heavy atom. The summed E-state index contributed by atoms with van der Waals surface area (Å²) in [7, 11) is 0. The van der Waals surface area contributed by atoms with Gasteiger partial charge in [-0.2, -0.15) is 0 Å². The van der Waals surface area contributed by atoms with E-state index in [1.165, 1.54) is 0 Å². The molecule has 0 spiro atoms. The van der Waals surface area contributed by atoms with Gasteiger partial charge in [-0.3, -0.25) is 0 Å². The average molecular weight is 266 g/mol. The smallest absolute Gasteiger partial charge is 0.339 e. The number of hydrogen-bond donors (Lipinski definition) is 4. The Bertz CT molecular complexity index is 512.